The first-order valence-corrected chi connectivity index (χ1v) is 9.81. The van der Waals surface area contributed by atoms with Crippen molar-refractivity contribution < 1.29 is 26.3 Å². The number of hydrogen-bond donors (Lipinski definition) is 3. The summed E-state index contributed by atoms with van der Waals surface area (Å²) in [5, 5.41) is 31.8. The SMILES string of the molecule is [2H][C@@]12CCC3=CC(=O)CC[C@]3(C)[C@H]1[C@@H](O)C[C@@]1(C)[C@H]2CC[C@]1(O)C(=O)CO. The first-order valence-electron chi connectivity index (χ1n) is 10.3. The summed E-state index contributed by atoms with van der Waals surface area (Å²) in [6.45, 7) is 3.16. The Morgan fingerprint density at radius 3 is 2.73 bits per heavy atom. The molecule has 0 spiro atoms. The van der Waals surface area contributed by atoms with E-state index in [9.17, 15) is 26.3 Å². The number of Topliss-reactive ketones (excluding diaryl/α,β-unsaturated/α-hetero) is 1. The zero-order chi connectivity index (χ0) is 19.8. The van der Waals surface area contributed by atoms with E-state index in [2.05, 4.69) is 6.92 Å². The molecule has 0 bridgehead atoms. The van der Waals surface area contributed by atoms with E-state index >= 15 is 0 Å². The fourth-order valence-corrected chi connectivity index (χ4v) is 6.89. The van der Waals surface area contributed by atoms with Crippen LogP contribution in [0.4, 0.5) is 0 Å². The van der Waals surface area contributed by atoms with Gasteiger partial charge < -0.3 is 15.3 Å². The predicted octanol–water partition coefficient (Wildman–Crippen LogP) is 1.78. The molecule has 0 heterocycles. The van der Waals surface area contributed by atoms with Crippen molar-refractivity contribution in [3.8, 4) is 0 Å². The van der Waals surface area contributed by atoms with Crippen LogP contribution < -0.4 is 0 Å². The lowest BCUT2D eigenvalue weighted by Gasteiger charge is -2.60. The van der Waals surface area contributed by atoms with Gasteiger partial charge in [-0.3, -0.25) is 9.59 Å². The van der Waals surface area contributed by atoms with E-state index < -0.39 is 40.8 Å². The van der Waals surface area contributed by atoms with Crippen LogP contribution in [0.25, 0.3) is 0 Å². The van der Waals surface area contributed by atoms with Crippen LogP contribution in [-0.4, -0.2) is 45.2 Å². The van der Waals surface area contributed by atoms with Crippen molar-refractivity contribution in [2.45, 2.75) is 70.5 Å². The fraction of sp³-hybridized carbons (Fsp3) is 0.810. The number of hydrogen-bond acceptors (Lipinski definition) is 5. The summed E-state index contributed by atoms with van der Waals surface area (Å²) < 4.78 is 9.48. The summed E-state index contributed by atoms with van der Waals surface area (Å²) in [4.78, 5) is 24.3. The average molecular weight is 363 g/mol. The summed E-state index contributed by atoms with van der Waals surface area (Å²) in [7, 11) is 0. The van der Waals surface area contributed by atoms with Crippen molar-refractivity contribution in [3.63, 3.8) is 0 Å². The van der Waals surface area contributed by atoms with E-state index in [1.54, 1.807) is 6.08 Å². The molecule has 26 heavy (non-hydrogen) atoms. The number of carbonyl (C=O) groups excluding carboxylic acids is 2. The van der Waals surface area contributed by atoms with E-state index in [1.807, 2.05) is 6.92 Å². The number of rotatable bonds is 2. The van der Waals surface area contributed by atoms with Gasteiger partial charge in [-0.15, -0.1) is 0 Å². The molecule has 0 aromatic heterocycles. The van der Waals surface area contributed by atoms with Crippen LogP contribution >= 0.6 is 0 Å². The highest BCUT2D eigenvalue weighted by Crippen LogP contribution is 2.67. The lowest BCUT2D eigenvalue weighted by molar-refractivity contribution is -0.182. The predicted molar refractivity (Wildman–Crippen MR) is 95.1 cm³/mol. The molecule has 0 saturated heterocycles. The summed E-state index contributed by atoms with van der Waals surface area (Å²) in [6, 6.07) is 0. The molecule has 3 fully saturated rings. The van der Waals surface area contributed by atoms with Gasteiger partial charge in [0.25, 0.3) is 0 Å². The third-order valence-electron chi connectivity index (χ3n) is 8.31. The molecule has 5 heteroatoms. The second kappa shape index (κ2) is 5.73. The van der Waals surface area contributed by atoms with Gasteiger partial charge in [0.15, 0.2) is 11.6 Å². The van der Waals surface area contributed by atoms with Crippen molar-refractivity contribution in [1.29, 1.82) is 0 Å². The quantitative estimate of drug-likeness (QED) is 0.695. The maximum absolute atomic E-state index is 12.4. The number of ketones is 2. The van der Waals surface area contributed by atoms with E-state index in [0.29, 0.717) is 32.1 Å². The Hall–Kier alpha value is -1.04. The zero-order valence-electron chi connectivity index (χ0n) is 16.6. The molecule has 5 nitrogen and oxygen atoms in total. The number of carbonyl (C=O) groups is 2. The zero-order valence-corrected chi connectivity index (χ0v) is 15.6. The largest absolute Gasteiger partial charge is 0.393 e. The first kappa shape index (κ1) is 17.1. The van der Waals surface area contributed by atoms with Gasteiger partial charge in [0.2, 0.25) is 0 Å². The second-order valence-electron chi connectivity index (χ2n) is 9.33. The van der Waals surface area contributed by atoms with Crippen molar-refractivity contribution in [1.82, 2.24) is 0 Å². The normalized spacial score (nSPS) is 53.9. The Labute approximate surface area is 155 Å². The third kappa shape index (κ3) is 2.14. The third-order valence-corrected chi connectivity index (χ3v) is 8.31. The van der Waals surface area contributed by atoms with Gasteiger partial charge in [-0.2, -0.15) is 0 Å². The number of fused-ring (bicyclic) bond motifs is 5. The second-order valence-corrected chi connectivity index (χ2v) is 9.33. The van der Waals surface area contributed by atoms with Crippen LogP contribution in [-0.2, 0) is 9.59 Å². The van der Waals surface area contributed by atoms with Crippen molar-refractivity contribution >= 4 is 11.6 Å². The van der Waals surface area contributed by atoms with Gasteiger partial charge in [-0.1, -0.05) is 19.4 Å². The molecule has 144 valence electrons. The van der Waals surface area contributed by atoms with Gasteiger partial charge in [0.05, 0.1) is 6.10 Å². The smallest absolute Gasteiger partial charge is 0.190 e. The number of aliphatic hydroxyl groups excluding tert-OH is 2. The Morgan fingerprint density at radius 2 is 2.04 bits per heavy atom. The molecule has 4 aliphatic carbocycles. The maximum atomic E-state index is 12.4. The molecule has 0 aromatic carbocycles. The van der Waals surface area contributed by atoms with Gasteiger partial charge in [0, 0.05) is 13.2 Å². The van der Waals surface area contributed by atoms with Crippen LogP contribution in [0.1, 0.15) is 60.2 Å². The van der Waals surface area contributed by atoms with Crippen molar-refractivity contribution in [2.24, 2.45) is 28.6 Å². The van der Waals surface area contributed by atoms with Gasteiger partial charge in [0.1, 0.15) is 12.2 Å². The van der Waals surface area contributed by atoms with E-state index in [4.69, 9.17) is 0 Å². The van der Waals surface area contributed by atoms with Crippen molar-refractivity contribution in [3.05, 3.63) is 11.6 Å². The minimum atomic E-state index is -1.69. The molecular formula is C21H30O5. The Bertz CT molecular complexity index is 734. The molecule has 4 aliphatic rings. The molecular weight excluding hydrogens is 332 g/mol. The Kier molecular flexibility index (Phi) is 3.76. The fourth-order valence-electron chi connectivity index (χ4n) is 6.89. The summed E-state index contributed by atoms with van der Waals surface area (Å²) in [6.07, 6.45) is 4.15. The molecule has 0 radical (unpaired) electrons. The summed E-state index contributed by atoms with van der Waals surface area (Å²) in [5.74, 6) is -1.98. The molecule has 0 aliphatic heterocycles. The Balaban J connectivity index is 1.80. The topological polar surface area (TPSA) is 94.8 Å². The van der Waals surface area contributed by atoms with Crippen LogP contribution in [0.15, 0.2) is 11.6 Å². The minimum Gasteiger partial charge on any atom is -0.393 e. The maximum Gasteiger partial charge on any atom is 0.190 e. The van der Waals surface area contributed by atoms with E-state index in [-0.39, 0.29) is 30.5 Å². The molecule has 0 aromatic rings. The molecule has 0 amide bonds. The summed E-state index contributed by atoms with van der Waals surface area (Å²) >= 11 is 0. The van der Waals surface area contributed by atoms with Crippen LogP contribution in [0.3, 0.4) is 0 Å². The molecule has 3 N–H and O–H groups in total. The van der Waals surface area contributed by atoms with Gasteiger partial charge in [-0.25, -0.2) is 0 Å². The highest BCUT2D eigenvalue weighted by Gasteiger charge is 2.68. The van der Waals surface area contributed by atoms with Gasteiger partial charge >= 0.3 is 0 Å². The van der Waals surface area contributed by atoms with Crippen LogP contribution in [0.5, 0.6) is 0 Å². The average Bonchev–Trinajstić information content (AvgIpc) is 2.87. The van der Waals surface area contributed by atoms with Crippen molar-refractivity contribution in [2.75, 3.05) is 6.61 Å². The van der Waals surface area contributed by atoms with E-state index in [1.165, 1.54) is 0 Å². The lowest BCUT2D eigenvalue weighted by Crippen LogP contribution is -2.62. The molecule has 7 atom stereocenters. The standard InChI is InChI=1S/C21H30O5/c1-19-7-5-13(23)9-12(19)3-4-14-15-6-8-21(26,17(25)11-22)20(15,2)10-16(24)18(14)19/h9,14-16,18,22,24,26H,3-8,10-11H2,1-2H3/t14-,15-,16-,18+,19-,20-,21-/m0/s1/i14D. The number of aliphatic hydroxyl groups is 3. The first-order chi connectivity index (χ1) is 12.5. The highest BCUT2D eigenvalue weighted by atomic mass is 16.3. The number of allylic oxidation sites excluding steroid dienone is 1. The molecule has 3 saturated carbocycles. The van der Waals surface area contributed by atoms with Gasteiger partial charge in [-0.05, 0) is 67.7 Å². The molecule has 4 rings (SSSR count). The van der Waals surface area contributed by atoms with Crippen LogP contribution in [0, 0.1) is 28.6 Å². The van der Waals surface area contributed by atoms with Crippen LogP contribution in [0.2, 0.25) is 0 Å². The van der Waals surface area contributed by atoms with E-state index in [0.717, 1.165) is 5.57 Å². The monoisotopic (exact) mass is 363 g/mol. The Morgan fingerprint density at radius 1 is 1.31 bits per heavy atom. The minimum absolute atomic E-state index is 0.124. The lowest BCUT2D eigenvalue weighted by atomic mass is 9.45. The summed E-state index contributed by atoms with van der Waals surface area (Å²) in [5.41, 5.74) is -1.96. The molecule has 0 unspecified atom stereocenters. The highest BCUT2D eigenvalue weighted by molar-refractivity contribution is 5.91.